The molecule has 43 heavy (non-hydrogen) atoms. The van der Waals surface area contributed by atoms with Crippen molar-refractivity contribution in [2.45, 2.75) is 44.3 Å². The van der Waals surface area contributed by atoms with Gasteiger partial charge in [-0.25, -0.2) is 28.1 Å². The molecule has 2 aliphatic rings. The van der Waals surface area contributed by atoms with Crippen molar-refractivity contribution in [3.05, 3.63) is 66.0 Å². The van der Waals surface area contributed by atoms with Crippen LogP contribution >= 0.6 is 0 Å². The largest absolute Gasteiger partial charge is 0.351 e. The summed E-state index contributed by atoms with van der Waals surface area (Å²) in [5.41, 5.74) is 6.25. The second kappa shape index (κ2) is 12.2. The summed E-state index contributed by atoms with van der Waals surface area (Å²) in [5.74, 6) is 0.531. The zero-order valence-electron chi connectivity index (χ0n) is 25.3. The van der Waals surface area contributed by atoms with E-state index in [0.717, 1.165) is 55.2 Å². The first kappa shape index (κ1) is 29.4. The van der Waals surface area contributed by atoms with Gasteiger partial charge >= 0.3 is 0 Å². The van der Waals surface area contributed by atoms with Crippen LogP contribution in [0.25, 0.3) is 16.9 Å². The van der Waals surface area contributed by atoms with E-state index < -0.39 is 10.0 Å². The van der Waals surface area contributed by atoms with Gasteiger partial charge in [0.15, 0.2) is 5.03 Å². The summed E-state index contributed by atoms with van der Waals surface area (Å²) in [7, 11) is 0.351. The molecule has 0 atom stereocenters. The highest BCUT2D eigenvalue weighted by Gasteiger charge is 2.31. The first-order chi connectivity index (χ1) is 20.7. The average Bonchev–Trinajstić information content (AvgIpc) is 3.66. The van der Waals surface area contributed by atoms with Crippen molar-refractivity contribution in [1.29, 1.82) is 0 Å². The predicted molar refractivity (Wildman–Crippen MR) is 165 cm³/mol. The Hall–Kier alpha value is -3.65. The number of aromatic nitrogens is 6. The Bertz CT molecular complexity index is 1680. The lowest BCUT2D eigenvalue weighted by molar-refractivity contribution is 0.148. The Morgan fingerprint density at radius 1 is 0.930 bits per heavy atom. The highest BCUT2D eigenvalue weighted by molar-refractivity contribution is 7.89. The first-order valence-corrected chi connectivity index (χ1v) is 16.2. The van der Waals surface area contributed by atoms with Crippen molar-refractivity contribution in [1.82, 2.24) is 43.4 Å². The molecule has 2 aliphatic heterocycles. The quantitative estimate of drug-likeness (QED) is 0.324. The van der Waals surface area contributed by atoms with Crippen LogP contribution in [0.4, 0.5) is 5.95 Å². The minimum Gasteiger partial charge on any atom is -0.351 e. The van der Waals surface area contributed by atoms with Crippen LogP contribution in [0.15, 0.2) is 54.3 Å². The molecular formula is C30H40N10O2S. The van der Waals surface area contributed by atoms with E-state index in [1.165, 1.54) is 28.0 Å². The molecule has 3 aromatic heterocycles. The fourth-order valence-corrected chi connectivity index (χ4v) is 7.23. The van der Waals surface area contributed by atoms with Gasteiger partial charge in [-0.3, -0.25) is 4.90 Å². The van der Waals surface area contributed by atoms with Gasteiger partial charge in [-0.05, 0) is 56.5 Å². The standard InChI is InChI=1S/C30H40N10O2S/c1-22-15-24(18-38-13-11-36(3)12-14-38)5-6-27(22)40-19-25(17-33-40)29-23(2)16-31-30(35-29)34-26-7-9-39(10-8-26)43(41,42)28-20-37(4)21-32-28/h5-6,15-17,19-21,26H,7-14,18H2,1-4H3,(H,31,34,35). The summed E-state index contributed by atoms with van der Waals surface area (Å²) in [6.45, 7) is 10.3. The summed E-state index contributed by atoms with van der Waals surface area (Å²) in [4.78, 5) is 18.3. The summed E-state index contributed by atoms with van der Waals surface area (Å²) in [6, 6.07) is 6.69. The van der Waals surface area contributed by atoms with Crippen LogP contribution < -0.4 is 5.32 Å². The number of nitrogens with zero attached hydrogens (tertiary/aromatic N) is 9. The number of anilines is 1. The third kappa shape index (κ3) is 6.49. The monoisotopic (exact) mass is 604 g/mol. The number of hydrogen-bond donors (Lipinski definition) is 1. The van der Waals surface area contributed by atoms with Gasteiger partial charge in [-0.1, -0.05) is 12.1 Å². The number of piperazine rings is 1. The van der Waals surface area contributed by atoms with Crippen LogP contribution in [-0.2, 0) is 23.6 Å². The van der Waals surface area contributed by atoms with Gasteiger partial charge < -0.3 is 14.8 Å². The lowest BCUT2D eigenvalue weighted by Crippen LogP contribution is -2.43. The minimum atomic E-state index is -3.59. The normalized spacial score (nSPS) is 17.9. The highest BCUT2D eigenvalue weighted by Crippen LogP contribution is 2.26. The van der Waals surface area contributed by atoms with Gasteiger partial charge in [0.1, 0.15) is 0 Å². The van der Waals surface area contributed by atoms with E-state index in [9.17, 15) is 8.42 Å². The summed E-state index contributed by atoms with van der Waals surface area (Å²) in [6.07, 6.45) is 10.0. The second-order valence-corrected chi connectivity index (χ2v) is 13.7. The molecule has 228 valence electrons. The Kier molecular flexibility index (Phi) is 8.32. The molecule has 0 spiro atoms. The molecule has 2 saturated heterocycles. The van der Waals surface area contributed by atoms with Crippen LogP contribution in [0.2, 0.25) is 0 Å². The number of rotatable bonds is 8. The highest BCUT2D eigenvalue weighted by atomic mass is 32.2. The fraction of sp³-hybridized carbons (Fsp3) is 0.467. The minimum absolute atomic E-state index is 0.0699. The molecule has 0 saturated carbocycles. The maximum absolute atomic E-state index is 12.9. The average molecular weight is 605 g/mol. The van der Waals surface area contributed by atoms with Crippen LogP contribution in [-0.4, -0.2) is 104 Å². The van der Waals surface area contributed by atoms with E-state index in [2.05, 4.69) is 62.4 Å². The van der Waals surface area contributed by atoms with Crippen molar-refractivity contribution >= 4 is 16.0 Å². The van der Waals surface area contributed by atoms with Crippen molar-refractivity contribution in [2.75, 3.05) is 51.6 Å². The van der Waals surface area contributed by atoms with Gasteiger partial charge in [0.05, 0.1) is 23.9 Å². The zero-order chi connectivity index (χ0) is 30.1. The van der Waals surface area contributed by atoms with E-state index in [-0.39, 0.29) is 11.1 Å². The van der Waals surface area contributed by atoms with Crippen LogP contribution in [0.3, 0.4) is 0 Å². The molecule has 12 nitrogen and oxygen atoms in total. The Balaban J connectivity index is 1.10. The Labute approximate surface area is 253 Å². The summed E-state index contributed by atoms with van der Waals surface area (Å²) < 4.78 is 30.9. The molecule has 6 rings (SSSR count). The number of benzene rings is 1. The number of likely N-dealkylation sites (N-methyl/N-ethyl adjacent to an activating group) is 1. The Morgan fingerprint density at radius 2 is 1.70 bits per heavy atom. The summed E-state index contributed by atoms with van der Waals surface area (Å²) in [5, 5.41) is 8.19. The van der Waals surface area contributed by atoms with Crippen molar-refractivity contribution in [3.8, 4) is 16.9 Å². The molecule has 2 fully saturated rings. The number of piperidine rings is 1. The number of nitrogens with one attached hydrogen (secondary N) is 1. The first-order valence-electron chi connectivity index (χ1n) is 14.8. The van der Waals surface area contributed by atoms with Crippen LogP contribution in [0.1, 0.15) is 29.5 Å². The van der Waals surface area contributed by atoms with E-state index in [0.29, 0.717) is 31.9 Å². The van der Waals surface area contributed by atoms with Crippen molar-refractivity contribution in [2.24, 2.45) is 7.05 Å². The SMILES string of the molecule is Cc1cc(CN2CCN(C)CC2)ccc1-n1cc(-c2nc(NC3CCN(S(=O)(=O)c4cn(C)cn4)CC3)ncc2C)cn1. The molecule has 0 aliphatic carbocycles. The second-order valence-electron chi connectivity index (χ2n) is 11.8. The van der Waals surface area contributed by atoms with Crippen LogP contribution in [0.5, 0.6) is 0 Å². The summed E-state index contributed by atoms with van der Waals surface area (Å²) >= 11 is 0. The number of sulfonamides is 1. The third-order valence-electron chi connectivity index (χ3n) is 8.41. The van der Waals surface area contributed by atoms with Gasteiger partial charge in [-0.2, -0.15) is 9.40 Å². The number of imidazole rings is 1. The molecule has 5 heterocycles. The van der Waals surface area contributed by atoms with E-state index in [1.54, 1.807) is 11.6 Å². The molecule has 0 amide bonds. The lowest BCUT2D eigenvalue weighted by atomic mass is 10.1. The molecule has 1 aromatic carbocycles. The van der Waals surface area contributed by atoms with Crippen molar-refractivity contribution < 1.29 is 8.42 Å². The number of aryl methyl sites for hydroxylation is 3. The maximum Gasteiger partial charge on any atom is 0.262 e. The maximum atomic E-state index is 12.9. The van der Waals surface area contributed by atoms with Gasteiger partial charge in [-0.15, -0.1) is 0 Å². The molecule has 13 heteroatoms. The smallest absolute Gasteiger partial charge is 0.262 e. The molecule has 0 bridgehead atoms. The van der Waals surface area contributed by atoms with Crippen LogP contribution in [0, 0.1) is 13.8 Å². The molecule has 1 N–H and O–H groups in total. The van der Waals surface area contributed by atoms with Gasteiger partial charge in [0, 0.05) is 83.1 Å². The number of hydrogen-bond acceptors (Lipinski definition) is 9. The van der Waals surface area contributed by atoms with Crippen molar-refractivity contribution in [3.63, 3.8) is 0 Å². The lowest BCUT2D eigenvalue weighted by Gasteiger charge is -2.32. The van der Waals surface area contributed by atoms with E-state index in [4.69, 9.17) is 4.98 Å². The van der Waals surface area contributed by atoms with E-state index in [1.807, 2.05) is 30.2 Å². The molecule has 4 aromatic rings. The zero-order valence-corrected chi connectivity index (χ0v) is 26.1. The Morgan fingerprint density at radius 3 is 2.40 bits per heavy atom. The third-order valence-corrected chi connectivity index (χ3v) is 10.2. The predicted octanol–water partition coefficient (Wildman–Crippen LogP) is 2.69. The van der Waals surface area contributed by atoms with E-state index >= 15 is 0 Å². The molecule has 0 radical (unpaired) electrons. The topological polar surface area (TPSA) is 117 Å². The molecule has 0 unspecified atom stereocenters. The van der Waals surface area contributed by atoms with Gasteiger partial charge in [0.25, 0.3) is 10.0 Å². The van der Waals surface area contributed by atoms with Gasteiger partial charge in [0.2, 0.25) is 5.95 Å². The molecular weight excluding hydrogens is 564 g/mol. The fourth-order valence-electron chi connectivity index (χ4n) is 5.80.